The van der Waals surface area contributed by atoms with Gasteiger partial charge in [-0.25, -0.2) is 0 Å². The number of nitriles is 1. The number of benzene rings is 1. The van der Waals surface area contributed by atoms with Crippen LogP contribution in [0.25, 0.3) is 0 Å². The Morgan fingerprint density at radius 2 is 2.14 bits per heavy atom. The highest BCUT2D eigenvalue weighted by molar-refractivity contribution is 5.57. The summed E-state index contributed by atoms with van der Waals surface area (Å²) in [5.74, 6) is 0.641. The van der Waals surface area contributed by atoms with Crippen LogP contribution < -0.4 is 5.32 Å². The molecular formula is C12H16N2. The number of rotatable bonds is 4. The average molecular weight is 188 g/mol. The van der Waals surface area contributed by atoms with E-state index in [4.69, 9.17) is 5.26 Å². The van der Waals surface area contributed by atoms with Gasteiger partial charge in [0.05, 0.1) is 11.3 Å². The highest BCUT2D eigenvalue weighted by Crippen LogP contribution is 2.14. The molecule has 1 N–H and O–H groups in total. The molecule has 0 aliphatic rings. The summed E-state index contributed by atoms with van der Waals surface area (Å²) in [6.07, 6.45) is 1.15. The lowest BCUT2D eigenvalue weighted by atomic mass is 10.1. The van der Waals surface area contributed by atoms with Crippen LogP contribution in [0.4, 0.5) is 5.69 Å². The van der Waals surface area contributed by atoms with Crippen molar-refractivity contribution in [2.75, 3.05) is 11.9 Å². The number of hydrogen-bond acceptors (Lipinski definition) is 2. The van der Waals surface area contributed by atoms with Gasteiger partial charge in [-0.2, -0.15) is 5.26 Å². The van der Waals surface area contributed by atoms with Crippen LogP contribution in [0, 0.1) is 17.2 Å². The van der Waals surface area contributed by atoms with Crippen LogP contribution >= 0.6 is 0 Å². The van der Waals surface area contributed by atoms with E-state index in [0.29, 0.717) is 5.92 Å². The minimum Gasteiger partial charge on any atom is -0.384 e. The molecular weight excluding hydrogens is 172 g/mol. The predicted molar refractivity (Wildman–Crippen MR) is 59.1 cm³/mol. The van der Waals surface area contributed by atoms with Gasteiger partial charge in [0.2, 0.25) is 0 Å². The zero-order chi connectivity index (χ0) is 10.4. The smallest absolute Gasteiger partial charge is 0.101 e. The Labute approximate surface area is 85.6 Å². The molecule has 0 radical (unpaired) electrons. The van der Waals surface area contributed by atoms with Gasteiger partial charge in [0.25, 0.3) is 0 Å². The maximum atomic E-state index is 8.85. The fourth-order valence-corrected chi connectivity index (χ4v) is 1.16. The molecule has 0 aliphatic heterocycles. The van der Waals surface area contributed by atoms with Gasteiger partial charge in [-0.15, -0.1) is 0 Å². The van der Waals surface area contributed by atoms with E-state index in [1.54, 1.807) is 0 Å². The second kappa shape index (κ2) is 5.29. The van der Waals surface area contributed by atoms with Gasteiger partial charge in [-0.1, -0.05) is 32.4 Å². The maximum Gasteiger partial charge on any atom is 0.101 e. The Bertz CT molecular complexity index is 325. The fraction of sp³-hybridized carbons (Fsp3) is 0.417. The summed E-state index contributed by atoms with van der Waals surface area (Å²) in [5, 5.41) is 12.1. The molecule has 1 unspecified atom stereocenters. The first-order valence-corrected chi connectivity index (χ1v) is 5.01. The lowest BCUT2D eigenvalue weighted by molar-refractivity contribution is 0.593. The summed E-state index contributed by atoms with van der Waals surface area (Å²) < 4.78 is 0. The molecule has 1 rings (SSSR count). The summed E-state index contributed by atoms with van der Waals surface area (Å²) in [5.41, 5.74) is 1.66. The van der Waals surface area contributed by atoms with Gasteiger partial charge in [0.1, 0.15) is 6.07 Å². The van der Waals surface area contributed by atoms with Crippen molar-refractivity contribution >= 4 is 5.69 Å². The molecule has 74 valence electrons. The predicted octanol–water partition coefficient (Wildman–Crippen LogP) is 3.02. The summed E-state index contributed by atoms with van der Waals surface area (Å²) in [4.78, 5) is 0. The minimum absolute atomic E-state index is 0.641. The highest BCUT2D eigenvalue weighted by Gasteiger charge is 2.01. The molecule has 0 aromatic heterocycles. The van der Waals surface area contributed by atoms with Gasteiger partial charge >= 0.3 is 0 Å². The van der Waals surface area contributed by atoms with Crippen LogP contribution in [-0.2, 0) is 0 Å². The number of hydrogen-bond donors (Lipinski definition) is 1. The van der Waals surface area contributed by atoms with E-state index in [-0.39, 0.29) is 0 Å². The monoisotopic (exact) mass is 188 g/mol. The largest absolute Gasteiger partial charge is 0.384 e. The van der Waals surface area contributed by atoms with E-state index in [1.165, 1.54) is 0 Å². The molecule has 0 saturated heterocycles. The van der Waals surface area contributed by atoms with Gasteiger partial charge in [-0.05, 0) is 18.1 Å². The van der Waals surface area contributed by atoms with Crippen molar-refractivity contribution in [2.45, 2.75) is 20.3 Å². The van der Waals surface area contributed by atoms with Gasteiger partial charge in [0, 0.05) is 6.54 Å². The fourth-order valence-electron chi connectivity index (χ4n) is 1.16. The summed E-state index contributed by atoms with van der Waals surface area (Å²) in [6.45, 7) is 5.29. The number of nitrogens with one attached hydrogen (secondary N) is 1. The molecule has 0 bridgehead atoms. The molecule has 2 nitrogen and oxygen atoms in total. The van der Waals surface area contributed by atoms with Crippen molar-refractivity contribution in [2.24, 2.45) is 5.92 Å². The van der Waals surface area contributed by atoms with Gasteiger partial charge in [0.15, 0.2) is 0 Å². The Kier molecular flexibility index (Phi) is 4.00. The zero-order valence-corrected chi connectivity index (χ0v) is 8.75. The molecule has 0 spiro atoms. The Balaban J connectivity index is 2.63. The second-order valence-electron chi connectivity index (χ2n) is 3.55. The maximum absolute atomic E-state index is 8.85. The van der Waals surface area contributed by atoms with Gasteiger partial charge < -0.3 is 5.32 Å². The topological polar surface area (TPSA) is 35.8 Å². The molecule has 1 aromatic rings. The second-order valence-corrected chi connectivity index (χ2v) is 3.55. The van der Waals surface area contributed by atoms with Crippen LogP contribution in [0.1, 0.15) is 25.8 Å². The van der Waals surface area contributed by atoms with Crippen LogP contribution in [-0.4, -0.2) is 6.54 Å². The Morgan fingerprint density at radius 3 is 2.79 bits per heavy atom. The number of nitrogens with zero attached hydrogens (tertiary/aromatic N) is 1. The van der Waals surface area contributed by atoms with Crippen molar-refractivity contribution in [1.82, 2.24) is 0 Å². The molecule has 1 atom stereocenters. The highest BCUT2D eigenvalue weighted by atomic mass is 14.9. The van der Waals surface area contributed by atoms with E-state index in [9.17, 15) is 0 Å². The molecule has 0 amide bonds. The molecule has 2 heteroatoms. The Morgan fingerprint density at radius 1 is 1.43 bits per heavy atom. The van der Waals surface area contributed by atoms with Crippen LogP contribution in [0.3, 0.4) is 0 Å². The lowest BCUT2D eigenvalue weighted by Gasteiger charge is -2.11. The molecule has 1 aromatic carbocycles. The van der Waals surface area contributed by atoms with Crippen molar-refractivity contribution in [3.63, 3.8) is 0 Å². The first-order chi connectivity index (χ1) is 6.77. The first kappa shape index (κ1) is 10.6. The first-order valence-electron chi connectivity index (χ1n) is 5.01. The number of anilines is 1. The van der Waals surface area contributed by atoms with E-state index in [0.717, 1.165) is 24.2 Å². The molecule has 14 heavy (non-hydrogen) atoms. The van der Waals surface area contributed by atoms with Crippen molar-refractivity contribution in [3.05, 3.63) is 29.8 Å². The summed E-state index contributed by atoms with van der Waals surface area (Å²) in [7, 11) is 0. The minimum atomic E-state index is 0.641. The molecule has 0 aliphatic carbocycles. The van der Waals surface area contributed by atoms with Crippen LogP contribution in [0.2, 0.25) is 0 Å². The van der Waals surface area contributed by atoms with Gasteiger partial charge in [-0.3, -0.25) is 0 Å². The standard InChI is InChI=1S/C12H16N2/c1-3-10(2)9-14-12-7-5-4-6-11(12)8-13/h4-7,10,14H,3,9H2,1-2H3. The summed E-state index contributed by atoms with van der Waals surface area (Å²) in [6, 6.07) is 9.78. The Hall–Kier alpha value is -1.49. The van der Waals surface area contributed by atoms with Crippen molar-refractivity contribution in [3.8, 4) is 6.07 Å². The molecule has 0 fully saturated rings. The van der Waals surface area contributed by atoms with E-state index >= 15 is 0 Å². The van der Waals surface area contributed by atoms with Crippen molar-refractivity contribution in [1.29, 1.82) is 5.26 Å². The zero-order valence-electron chi connectivity index (χ0n) is 8.75. The van der Waals surface area contributed by atoms with E-state index in [1.807, 2.05) is 24.3 Å². The van der Waals surface area contributed by atoms with E-state index in [2.05, 4.69) is 25.2 Å². The SMILES string of the molecule is CCC(C)CNc1ccccc1C#N. The summed E-state index contributed by atoms with van der Waals surface area (Å²) >= 11 is 0. The van der Waals surface area contributed by atoms with Crippen LogP contribution in [0.5, 0.6) is 0 Å². The third-order valence-corrected chi connectivity index (χ3v) is 2.39. The average Bonchev–Trinajstić information content (AvgIpc) is 2.26. The van der Waals surface area contributed by atoms with E-state index < -0.39 is 0 Å². The molecule has 0 saturated carbocycles. The number of para-hydroxylation sites is 1. The lowest BCUT2D eigenvalue weighted by Crippen LogP contribution is -2.10. The third-order valence-electron chi connectivity index (χ3n) is 2.39. The third kappa shape index (κ3) is 2.77. The molecule has 0 heterocycles. The quantitative estimate of drug-likeness (QED) is 0.788. The van der Waals surface area contributed by atoms with Crippen molar-refractivity contribution < 1.29 is 0 Å². The normalized spacial score (nSPS) is 11.8. The van der Waals surface area contributed by atoms with Crippen LogP contribution in [0.15, 0.2) is 24.3 Å².